The molecule has 4 aromatic rings. The summed E-state index contributed by atoms with van der Waals surface area (Å²) in [5, 5.41) is 2.02. The molecule has 0 fully saturated rings. The van der Waals surface area contributed by atoms with Gasteiger partial charge < -0.3 is 4.74 Å². The maximum Gasteiger partial charge on any atom is 0.418 e. The van der Waals surface area contributed by atoms with Crippen molar-refractivity contribution in [2.45, 2.75) is 33.3 Å². The predicted molar refractivity (Wildman–Crippen MR) is 119 cm³/mol. The lowest BCUT2D eigenvalue weighted by Crippen LogP contribution is -2.26. The molecular weight excluding hydrogens is 358 g/mol. The molecule has 0 aliphatic rings. The molecule has 0 spiro atoms. The van der Waals surface area contributed by atoms with Gasteiger partial charge in [-0.2, -0.15) is 0 Å². The number of nitrogens with zero attached hydrogens (tertiary/aromatic N) is 1. The molecule has 0 aliphatic heterocycles. The summed E-state index contributed by atoms with van der Waals surface area (Å²) in [6.07, 6.45) is 3.29. The Balaban J connectivity index is 1.73. The summed E-state index contributed by atoms with van der Waals surface area (Å²) in [5.41, 5.74) is 5.49. The standard InChI is InChI=1S/C26H25NO2/c1-18-23(19-9-6-5-7-10-19)11-8-12-24(18)20-13-14-21-16-27(17-22(21)15-20)25(28)29-26(2,3)4/h5-17H,1-4H3. The molecule has 29 heavy (non-hydrogen) atoms. The Hall–Kier alpha value is -3.33. The van der Waals surface area contributed by atoms with Gasteiger partial charge in [-0.25, -0.2) is 4.79 Å². The van der Waals surface area contributed by atoms with E-state index < -0.39 is 5.60 Å². The van der Waals surface area contributed by atoms with E-state index in [2.05, 4.69) is 67.6 Å². The van der Waals surface area contributed by atoms with Crippen LogP contribution >= 0.6 is 0 Å². The summed E-state index contributed by atoms with van der Waals surface area (Å²) in [5.74, 6) is 0. The molecular formula is C26H25NO2. The average molecular weight is 383 g/mol. The first kappa shape index (κ1) is 19.0. The average Bonchev–Trinajstić information content (AvgIpc) is 3.11. The van der Waals surface area contributed by atoms with Gasteiger partial charge in [-0.3, -0.25) is 4.57 Å². The van der Waals surface area contributed by atoms with Crippen molar-refractivity contribution in [1.82, 2.24) is 4.57 Å². The number of hydrogen-bond acceptors (Lipinski definition) is 2. The molecule has 0 radical (unpaired) electrons. The highest BCUT2D eigenvalue weighted by molar-refractivity contribution is 5.91. The number of benzene rings is 3. The van der Waals surface area contributed by atoms with Crippen LogP contribution in [-0.2, 0) is 4.74 Å². The van der Waals surface area contributed by atoms with Gasteiger partial charge >= 0.3 is 6.09 Å². The van der Waals surface area contributed by atoms with Crippen molar-refractivity contribution in [3.8, 4) is 22.3 Å². The number of carbonyl (C=O) groups excluding carboxylic acids is 1. The molecule has 146 valence electrons. The fourth-order valence-corrected chi connectivity index (χ4v) is 3.61. The Kier molecular flexibility index (Phi) is 4.75. The van der Waals surface area contributed by atoms with Gasteiger partial charge in [0, 0.05) is 23.2 Å². The summed E-state index contributed by atoms with van der Waals surface area (Å²) in [6.45, 7) is 7.77. The van der Waals surface area contributed by atoms with Crippen molar-refractivity contribution >= 4 is 16.9 Å². The summed E-state index contributed by atoms with van der Waals surface area (Å²) in [6, 6.07) is 23.1. The van der Waals surface area contributed by atoms with E-state index in [1.807, 2.05) is 39.2 Å². The number of hydrogen-bond donors (Lipinski definition) is 0. The lowest BCUT2D eigenvalue weighted by molar-refractivity contribution is 0.0538. The SMILES string of the molecule is Cc1c(-c2ccccc2)cccc1-c1ccc2cn(C(=O)OC(C)(C)C)cc2c1. The molecule has 0 bridgehead atoms. The molecule has 0 unspecified atom stereocenters. The van der Waals surface area contributed by atoms with E-state index in [0.29, 0.717) is 0 Å². The molecule has 0 aliphatic carbocycles. The Labute approximate surface area is 171 Å². The molecule has 4 rings (SSSR count). The van der Waals surface area contributed by atoms with Gasteiger partial charge in [0.1, 0.15) is 5.60 Å². The third-order valence-corrected chi connectivity index (χ3v) is 4.98. The van der Waals surface area contributed by atoms with Crippen molar-refractivity contribution in [3.63, 3.8) is 0 Å². The minimum absolute atomic E-state index is 0.363. The molecule has 0 saturated carbocycles. The van der Waals surface area contributed by atoms with Crippen LogP contribution in [0.2, 0.25) is 0 Å². The maximum atomic E-state index is 12.4. The summed E-state index contributed by atoms with van der Waals surface area (Å²) < 4.78 is 7.00. The van der Waals surface area contributed by atoms with Gasteiger partial charge in [-0.1, -0.05) is 60.7 Å². The van der Waals surface area contributed by atoms with Gasteiger partial charge in [0.05, 0.1) is 0 Å². The van der Waals surface area contributed by atoms with Crippen molar-refractivity contribution in [1.29, 1.82) is 0 Å². The maximum absolute atomic E-state index is 12.4. The lowest BCUT2D eigenvalue weighted by atomic mass is 9.92. The molecule has 0 atom stereocenters. The second-order valence-electron chi connectivity index (χ2n) is 8.33. The van der Waals surface area contributed by atoms with E-state index in [0.717, 1.165) is 16.3 Å². The molecule has 3 aromatic carbocycles. The highest BCUT2D eigenvalue weighted by Gasteiger charge is 2.18. The topological polar surface area (TPSA) is 31.2 Å². The quantitative estimate of drug-likeness (QED) is 0.371. The lowest BCUT2D eigenvalue weighted by Gasteiger charge is -2.19. The van der Waals surface area contributed by atoms with Gasteiger partial charge in [-0.05, 0) is 61.6 Å². The normalized spacial score (nSPS) is 11.6. The minimum atomic E-state index is -0.520. The smallest absolute Gasteiger partial charge is 0.418 e. The number of fused-ring (bicyclic) bond motifs is 1. The zero-order valence-electron chi connectivity index (χ0n) is 17.3. The molecule has 3 nitrogen and oxygen atoms in total. The highest BCUT2D eigenvalue weighted by atomic mass is 16.6. The second kappa shape index (κ2) is 7.25. The number of aromatic nitrogens is 1. The molecule has 3 heteroatoms. The number of ether oxygens (including phenoxy) is 1. The van der Waals surface area contributed by atoms with Crippen LogP contribution in [0, 0.1) is 6.92 Å². The molecule has 0 N–H and O–H groups in total. The molecule has 0 saturated heterocycles. The van der Waals surface area contributed by atoms with Crippen molar-refractivity contribution in [2.75, 3.05) is 0 Å². The fraction of sp³-hybridized carbons (Fsp3) is 0.192. The van der Waals surface area contributed by atoms with Gasteiger partial charge in [0.25, 0.3) is 0 Å². The van der Waals surface area contributed by atoms with Gasteiger partial charge in [-0.15, -0.1) is 0 Å². The molecule has 0 amide bonds. The summed E-state index contributed by atoms with van der Waals surface area (Å²) >= 11 is 0. The third kappa shape index (κ3) is 3.95. The summed E-state index contributed by atoms with van der Waals surface area (Å²) in [4.78, 5) is 12.4. The van der Waals surface area contributed by atoms with E-state index in [9.17, 15) is 4.79 Å². The van der Waals surface area contributed by atoms with E-state index >= 15 is 0 Å². The number of rotatable bonds is 2. The van der Waals surface area contributed by atoms with Crippen LogP contribution in [0.5, 0.6) is 0 Å². The van der Waals surface area contributed by atoms with Crippen LogP contribution in [0.1, 0.15) is 26.3 Å². The predicted octanol–water partition coefficient (Wildman–Crippen LogP) is 7.07. The zero-order valence-corrected chi connectivity index (χ0v) is 17.3. The van der Waals surface area contributed by atoms with E-state index in [1.165, 1.54) is 26.8 Å². The van der Waals surface area contributed by atoms with Crippen LogP contribution in [0.4, 0.5) is 4.79 Å². The van der Waals surface area contributed by atoms with E-state index in [1.54, 1.807) is 0 Å². The minimum Gasteiger partial charge on any atom is -0.443 e. The Bertz CT molecular complexity index is 1180. The molecule has 1 aromatic heterocycles. The first-order chi connectivity index (χ1) is 13.8. The Morgan fingerprint density at radius 3 is 2.14 bits per heavy atom. The third-order valence-electron chi connectivity index (χ3n) is 4.98. The van der Waals surface area contributed by atoms with Crippen LogP contribution in [-0.4, -0.2) is 16.3 Å². The summed E-state index contributed by atoms with van der Waals surface area (Å²) in [7, 11) is 0. The van der Waals surface area contributed by atoms with Crippen LogP contribution in [0.15, 0.2) is 79.1 Å². The van der Waals surface area contributed by atoms with Crippen molar-refractivity contribution < 1.29 is 9.53 Å². The first-order valence-electron chi connectivity index (χ1n) is 9.82. The Morgan fingerprint density at radius 2 is 1.45 bits per heavy atom. The van der Waals surface area contributed by atoms with Gasteiger partial charge in [0.2, 0.25) is 0 Å². The van der Waals surface area contributed by atoms with E-state index in [4.69, 9.17) is 4.74 Å². The van der Waals surface area contributed by atoms with Gasteiger partial charge in [0.15, 0.2) is 0 Å². The van der Waals surface area contributed by atoms with Crippen molar-refractivity contribution in [3.05, 3.63) is 84.7 Å². The first-order valence-corrected chi connectivity index (χ1v) is 9.82. The largest absolute Gasteiger partial charge is 0.443 e. The fourth-order valence-electron chi connectivity index (χ4n) is 3.61. The highest BCUT2D eigenvalue weighted by Crippen LogP contribution is 2.33. The van der Waals surface area contributed by atoms with E-state index in [-0.39, 0.29) is 6.09 Å². The monoisotopic (exact) mass is 383 g/mol. The van der Waals surface area contributed by atoms with Crippen molar-refractivity contribution in [2.24, 2.45) is 0 Å². The zero-order chi connectivity index (χ0) is 20.6. The second-order valence-corrected chi connectivity index (χ2v) is 8.33. The van der Waals surface area contributed by atoms with Crippen LogP contribution in [0.25, 0.3) is 33.0 Å². The van der Waals surface area contributed by atoms with Crippen LogP contribution in [0.3, 0.4) is 0 Å². The number of carbonyl (C=O) groups is 1. The van der Waals surface area contributed by atoms with Crippen LogP contribution < -0.4 is 0 Å². The Morgan fingerprint density at radius 1 is 0.793 bits per heavy atom. The molecule has 1 heterocycles.